The lowest BCUT2D eigenvalue weighted by molar-refractivity contribution is -0.117. The average Bonchev–Trinajstić information content (AvgIpc) is 3.34. The van der Waals surface area contributed by atoms with Crippen molar-refractivity contribution in [1.82, 2.24) is 4.98 Å². The molecule has 0 unspecified atom stereocenters. The number of halogens is 1. The number of hydrogen-bond donors (Lipinski definition) is 2. The molecule has 0 saturated carbocycles. The van der Waals surface area contributed by atoms with Crippen molar-refractivity contribution in [1.29, 1.82) is 0 Å². The summed E-state index contributed by atoms with van der Waals surface area (Å²) in [7, 11) is 0. The molecule has 1 atom stereocenters. The van der Waals surface area contributed by atoms with Gasteiger partial charge in [-0.2, -0.15) is 0 Å². The van der Waals surface area contributed by atoms with Crippen LogP contribution in [0.4, 0.5) is 21.7 Å². The van der Waals surface area contributed by atoms with Crippen LogP contribution in [0.1, 0.15) is 36.8 Å². The Morgan fingerprint density at radius 2 is 1.74 bits per heavy atom. The second-order valence-electron chi connectivity index (χ2n) is 7.86. The Balaban J connectivity index is 1.51. The summed E-state index contributed by atoms with van der Waals surface area (Å²) in [5.41, 5.74) is 2.68. The molecule has 1 aliphatic rings. The highest BCUT2D eigenvalue weighted by atomic mass is 19.1. The van der Waals surface area contributed by atoms with E-state index < -0.39 is 0 Å². The van der Waals surface area contributed by atoms with E-state index in [0.717, 1.165) is 54.4 Å². The van der Waals surface area contributed by atoms with Crippen molar-refractivity contribution in [2.75, 3.05) is 28.6 Å². The predicted molar refractivity (Wildman–Crippen MR) is 123 cm³/mol. The number of carbonyl (C=O) groups excluding carboxylic acids is 1. The van der Waals surface area contributed by atoms with Crippen molar-refractivity contribution in [3.8, 4) is 0 Å². The molecule has 2 heterocycles. The monoisotopic (exact) mass is 418 g/mol. The Morgan fingerprint density at radius 1 is 1.03 bits per heavy atom. The molecule has 1 aromatic heterocycles. The van der Waals surface area contributed by atoms with Crippen LogP contribution < -0.4 is 15.5 Å². The van der Waals surface area contributed by atoms with Gasteiger partial charge >= 0.3 is 0 Å². The van der Waals surface area contributed by atoms with E-state index in [1.54, 1.807) is 12.1 Å². The minimum atomic E-state index is -0.260. The first-order valence-electron chi connectivity index (χ1n) is 10.7. The van der Waals surface area contributed by atoms with Gasteiger partial charge in [0.1, 0.15) is 11.6 Å². The summed E-state index contributed by atoms with van der Waals surface area (Å²) < 4.78 is 13.1. The molecule has 1 fully saturated rings. The molecule has 0 aliphatic carbocycles. The number of hydrogen-bond acceptors (Lipinski definition) is 4. The summed E-state index contributed by atoms with van der Waals surface area (Å²) in [4.78, 5) is 19.9. The quantitative estimate of drug-likeness (QED) is 0.555. The molecule has 160 valence electrons. The maximum Gasteiger partial charge on any atom is 0.231 e. The summed E-state index contributed by atoms with van der Waals surface area (Å²) in [6.07, 6.45) is 2.23. The van der Waals surface area contributed by atoms with Crippen LogP contribution in [0, 0.1) is 5.82 Å². The van der Waals surface area contributed by atoms with Crippen LogP contribution >= 0.6 is 0 Å². The van der Waals surface area contributed by atoms with E-state index >= 15 is 0 Å². The molecule has 2 aromatic carbocycles. The highest BCUT2D eigenvalue weighted by molar-refractivity contribution is 5.98. The molecule has 0 bridgehead atoms. The van der Waals surface area contributed by atoms with E-state index in [4.69, 9.17) is 4.98 Å². The second-order valence-corrected chi connectivity index (χ2v) is 7.86. The smallest absolute Gasteiger partial charge is 0.231 e. The van der Waals surface area contributed by atoms with E-state index in [9.17, 15) is 9.18 Å². The standard InChI is InChI=1S/C25H27FN4O/c1-18(20-7-3-2-4-8-20)25(31)28-22-13-14-23(29-24(22)30-15-5-6-16-30)27-17-19-9-11-21(26)12-10-19/h2-4,7-14,18H,5-6,15-17H2,1H3,(H,27,29)(H,28,31)/t18-/m0/s1. The minimum absolute atomic E-state index is 0.0551. The van der Waals surface area contributed by atoms with E-state index in [-0.39, 0.29) is 17.6 Å². The van der Waals surface area contributed by atoms with Crippen LogP contribution in [0.5, 0.6) is 0 Å². The Labute approximate surface area is 182 Å². The van der Waals surface area contributed by atoms with Crippen LogP contribution in [0.3, 0.4) is 0 Å². The van der Waals surface area contributed by atoms with Crippen LogP contribution in [-0.4, -0.2) is 24.0 Å². The summed E-state index contributed by atoms with van der Waals surface area (Å²) in [5.74, 6) is 0.947. The molecule has 1 saturated heterocycles. The lowest BCUT2D eigenvalue weighted by atomic mass is 10.0. The van der Waals surface area contributed by atoms with Gasteiger partial charge in [0.2, 0.25) is 5.91 Å². The normalized spacial score (nSPS) is 14.3. The highest BCUT2D eigenvalue weighted by Crippen LogP contribution is 2.30. The van der Waals surface area contributed by atoms with Gasteiger partial charge in [0, 0.05) is 19.6 Å². The Morgan fingerprint density at radius 3 is 2.45 bits per heavy atom. The number of nitrogens with one attached hydrogen (secondary N) is 2. The van der Waals surface area contributed by atoms with Crippen molar-refractivity contribution in [3.63, 3.8) is 0 Å². The third-order valence-electron chi connectivity index (χ3n) is 5.62. The van der Waals surface area contributed by atoms with Gasteiger partial charge in [0.25, 0.3) is 0 Å². The molecule has 4 rings (SSSR count). The largest absolute Gasteiger partial charge is 0.366 e. The van der Waals surface area contributed by atoms with Gasteiger partial charge in [-0.05, 0) is 55.2 Å². The van der Waals surface area contributed by atoms with Gasteiger partial charge < -0.3 is 15.5 Å². The van der Waals surface area contributed by atoms with Gasteiger partial charge in [-0.15, -0.1) is 0 Å². The van der Waals surface area contributed by atoms with Crippen molar-refractivity contribution < 1.29 is 9.18 Å². The molecule has 2 N–H and O–H groups in total. The predicted octanol–water partition coefficient (Wildman–Crippen LogP) is 5.18. The summed E-state index contributed by atoms with van der Waals surface area (Å²) >= 11 is 0. The molecule has 3 aromatic rings. The number of nitrogens with zero attached hydrogens (tertiary/aromatic N) is 2. The van der Waals surface area contributed by atoms with Gasteiger partial charge in [0.15, 0.2) is 5.82 Å². The Hall–Kier alpha value is -3.41. The molecule has 5 nitrogen and oxygen atoms in total. The number of benzene rings is 2. The Bertz CT molecular complexity index is 1020. The maximum atomic E-state index is 13.1. The van der Waals surface area contributed by atoms with Crippen LogP contribution in [-0.2, 0) is 11.3 Å². The maximum absolute atomic E-state index is 13.1. The van der Waals surface area contributed by atoms with Crippen molar-refractivity contribution in [3.05, 3.63) is 83.7 Å². The van der Waals surface area contributed by atoms with Gasteiger partial charge in [-0.25, -0.2) is 9.37 Å². The van der Waals surface area contributed by atoms with E-state index in [1.165, 1.54) is 12.1 Å². The van der Waals surface area contributed by atoms with Crippen LogP contribution in [0.15, 0.2) is 66.7 Å². The van der Waals surface area contributed by atoms with Crippen LogP contribution in [0.25, 0.3) is 0 Å². The molecule has 31 heavy (non-hydrogen) atoms. The van der Waals surface area contributed by atoms with Crippen LogP contribution in [0.2, 0.25) is 0 Å². The lowest BCUT2D eigenvalue weighted by Gasteiger charge is -2.22. The van der Waals surface area contributed by atoms with E-state index in [1.807, 2.05) is 49.4 Å². The molecule has 1 amide bonds. The number of anilines is 3. The van der Waals surface area contributed by atoms with E-state index in [2.05, 4.69) is 15.5 Å². The van der Waals surface area contributed by atoms with Crippen molar-refractivity contribution in [2.45, 2.75) is 32.2 Å². The number of aromatic nitrogens is 1. The number of pyridine rings is 1. The average molecular weight is 419 g/mol. The zero-order valence-electron chi connectivity index (χ0n) is 17.6. The van der Waals surface area contributed by atoms with Gasteiger partial charge in [0.05, 0.1) is 11.6 Å². The first-order chi connectivity index (χ1) is 15.1. The molecule has 0 spiro atoms. The summed E-state index contributed by atoms with van der Waals surface area (Å²) in [6.45, 7) is 4.30. The van der Waals surface area contributed by atoms with Crippen molar-refractivity contribution in [2.24, 2.45) is 0 Å². The molecule has 6 heteroatoms. The number of amides is 1. The fourth-order valence-corrected chi connectivity index (χ4v) is 3.74. The Kier molecular flexibility index (Phi) is 6.46. The summed E-state index contributed by atoms with van der Waals surface area (Å²) in [5, 5.41) is 6.38. The zero-order chi connectivity index (χ0) is 21.6. The van der Waals surface area contributed by atoms with Gasteiger partial charge in [-0.3, -0.25) is 4.79 Å². The molecule has 0 radical (unpaired) electrons. The topological polar surface area (TPSA) is 57.3 Å². The number of carbonyl (C=O) groups is 1. The SMILES string of the molecule is C[C@H](C(=O)Nc1ccc(NCc2ccc(F)cc2)nc1N1CCCC1)c1ccccc1. The fraction of sp³-hybridized carbons (Fsp3) is 0.280. The summed E-state index contributed by atoms with van der Waals surface area (Å²) in [6, 6.07) is 19.9. The zero-order valence-corrected chi connectivity index (χ0v) is 17.6. The third kappa shape index (κ3) is 5.20. The molecular formula is C25H27FN4O. The second kappa shape index (κ2) is 9.60. The molecular weight excluding hydrogens is 391 g/mol. The highest BCUT2D eigenvalue weighted by Gasteiger charge is 2.21. The van der Waals surface area contributed by atoms with Crippen molar-refractivity contribution >= 4 is 23.2 Å². The van der Waals surface area contributed by atoms with Gasteiger partial charge in [-0.1, -0.05) is 42.5 Å². The lowest BCUT2D eigenvalue weighted by Crippen LogP contribution is -2.24. The third-order valence-corrected chi connectivity index (χ3v) is 5.62. The molecule has 1 aliphatic heterocycles. The minimum Gasteiger partial charge on any atom is -0.366 e. The first-order valence-corrected chi connectivity index (χ1v) is 10.7. The number of rotatable bonds is 7. The fourth-order valence-electron chi connectivity index (χ4n) is 3.74. The van der Waals surface area contributed by atoms with E-state index in [0.29, 0.717) is 6.54 Å². The first kappa shape index (κ1) is 20.8.